The van der Waals surface area contributed by atoms with Gasteiger partial charge in [0.2, 0.25) is 0 Å². The van der Waals surface area contributed by atoms with Crippen molar-refractivity contribution in [2.45, 2.75) is 32.7 Å². The topological polar surface area (TPSA) is 81.7 Å². The molecule has 2 aromatic heterocycles. The molecule has 0 aliphatic rings. The second kappa shape index (κ2) is 8.24. The zero-order chi connectivity index (χ0) is 21.1. The van der Waals surface area contributed by atoms with Gasteiger partial charge in [0.25, 0.3) is 0 Å². The minimum Gasteiger partial charge on any atom is -0.383 e. The molecule has 6 nitrogen and oxygen atoms in total. The standard InChI is InChI=1S/C24H28N6/c1-17-9-11-19(12-10-17)21-20-22(25)27-16-28-23(20)30(29-21)24(2,3)15-26-14-13-18-7-5-4-6-8-18/h4-12,16,26H,13-15H2,1-3H3,(H2,25,27,28). The summed E-state index contributed by atoms with van der Waals surface area (Å²) in [5.41, 5.74) is 11.1. The van der Waals surface area contributed by atoms with Crippen molar-refractivity contribution in [3.63, 3.8) is 0 Å². The Morgan fingerprint density at radius 1 is 1.00 bits per heavy atom. The molecule has 0 atom stereocenters. The normalized spacial score (nSPS) is 11.8. The summed E-state index contributed by atoms with van der Waals surface area (Å²) in [6.07, 6.45) is 2.49. The number of rotatable bonds is 7. The van der Waals surface area contributed by atoms with Crippen LogP contribution in [0.1, 0.15) is 25.0 Å². The number of nitrogens with one attached hydrogen (secondary N) is 1. The lowest BCUT2D eigenvalue weighted by atomic mass is 10.1. The number of aromatic nitrogens is 4. The molecule has 6 heteroatoms. The molecule has 0 saturated carbocycles. The summed E-state index contributed by atoms with van der Waals surface area (Å²) in [5.74, 6) is 0.453. The van der Waals surface area contributed by atoms with Crippen molar-refractivity contribution < 1.29 is 0 Å². The van der Waals surface area contributed by atoms with Crippen LogP contribution < -0.4 is 11.1 Å². The van der Waals surface area contributed by atoms with Gasteiger partial charge in [-0.2, -0.15) is 5.10 Å². The molecule has 2 aromatic carbocycles. The summed E-state index contributed by atoms with van der Waals surface area (Å²) in [6, 6.07) is 18.8. The van der Waals surface area contributed by atoms with E-state index in [1.807, 2.05) is 10.7 Å². The lowest BCUT2D eigenvalue weighted by Gasteiger charge is -2.26. The lowest BCUT2D eigenvalue weighted by Crippen LogP contribution is -2.39. The first-order valence-corrected chi connectivity index (χ1v) is 10.3. The van der Waals surface area contributed by atoms with Crippen LogP contribution in [0.4, 0.5) is 5.82 Å². The van der Waals surface area contributed by atoms with E-state index < -0.39 is 0 Å². The van der Waals surface area contributed by atoms with Crippen molar-refractivity contribution in [3.05, 3.63) is 72.1 Å². The Kier molecular flexibility index (Phi) is 5.50. The Bertz CT molecular complexity index is 1130. The highest BCUT2D eigenvalue weighted by molar-refractivity contribution is 5.98. The van der Waals surface area contributed by atoms with Crippen LogP contribution in [0, 0.1) is 6.92 Å². The Labute approximate surface area is 177 Å². The molecule has 154 valence electrons. The molecule has 0 aliphatic heterocycles. The maximum absolute atomic E-state index is 6.25. The molecule has 0 bridgehead atoms. The molecule has 3 N–H and O–H groups in total. The molecular weight excluding hydrogens is 372 g/mol. The van der Waals surface area contributed by atoms with Crippen molar-refractivity contribution in [2.75, 3.05) is 18.8 Å². The molecule has 0 unspecified atom stereocenters. The Hall–Kier alpha value is -3.25. The van der Waals surface area contributed by atoms with Gasteiger partial charge in [-0.3, -0.25) is 0 Å². The van der Waals surface area contributed by atoms with Crippen molar-refractivity contribution >= 4 is 16.9 Å². The fourth-order valence-corrected chi connectivity index (χ4v) is 3.66. The second-order valence-electron chi connectivity index (χ2n) is 8.31. The van der Waals surface area contributed by atoms with Crippen LogP contribution in [-0.4, -0.2) is 32.8 Å². The highest BCUT2D eigenvalue weighted by Crippen LogP contribution is 2.32. The Morgan fingerprint density at radius 2 is 1.73 bits per heavy atom. The van der Waals surface area contributed by atoms with Gasteiger partial charge in [0.15, 0.2) is 5.65 Å². The average molecular weight is 401 g/mol. The second-order valence-corrected chi connectivity index (χ2v) is 8.31. The maximum Gasteiger partial charge on any atom is 0.164 e. The van der Waals surface area contributed by atoms with E-state index in [0.717, 1.165) is 41.8 Å². The highest BCUT2D eigenvalue weighted by atomic mass is 15.4. The largest absolute Gasteiger partial charge is 0.383 e. The van der Waals surface area contributed by atoms with Crippen LogP contribution in [0.25, 0.3) is 22.3 Å². The van der Waals surface area contributed by atoms with Crippen molar-refractivity contribution in [1.82, 2.24) is 25.1 Å². The van der Waals surface area contributed by atoms with Gasteiger partial charge >= 0.3 is 0 Å². The Balaban J connectivity index is 1.61. The smallest absolute Gasteiger partial charge is 0.164 e. The summed E-state index contributed by atoms with van der Waals surface area (Å²) < 4.78 is 1.98. The number of nitrogen functional groups attached to an aromatic ring is 1. The third-order valence-corrected chi connectivity index (χ3v) is 5.38. The van der Waals surface area contributed by atoms with Crippen LogP contribution in [0.2, 0.25) is 0 Å². The molecule has 0 radical (unpaired) electrons. The quantitative estimate of drug-likeness (QED) is 0.459. The number of hydrogen-bond donors (Lipinski definition) is 2. The minimum absolute atomic E-state index is 0.293. The number of fused-ring (bicyclic) bond motifs is 1. The van der Waals surface area contributed by atoms with E-state index in [1.165, 1.54) is 17.5 Å². The Morgan fingerprint density at radius 3 is 2.47 bits per heavy atom. The molecule has 0 amide bonds. The monoisotopic (exact) mass is 400 g/mol. The van der Waals surface area contributed by atoms with E-state index in [0.29, 0.717) is 5.82 Å². The van der Waals surface area contributed by atoms with Crippen molar-refractivity contribution in [3.8, 4) is 11.3 Å². The molecule has 4 aromatic rings. The van der Waals surface area contributed by atoms with E-state index >= 15 is 0 Å². The maximum atomic E-state index is 6.25. The molecule has 0 saturated heterocycles. The van der Waals surface area contributed by atoms with Crippen LogP contribution in [0.3, 0.4) is 0 Å². The predicted molar refractivity (Wildman–Crippen MR) is 122 cm³/mol. The highest BCUT2D eigenvalue weighted by Gasteiger charge is 2.27. The summed E-state index contributed by atoms with van der Waals surface area (Å²) >= 11 is 0. The number of anilines is 1. The van der Waals surface area contributed by atoms with Gasteiger partial charge in [0, 0.05) is 12.1 Å². The van der Waals surface area contributed by atoms with E-state index in [-0.39, 0.29) is 5.54 Å². The van der Waals surface area contributed by atoms with E-state index in [1.54, 1.807) is 0 Å². The van der Waals surface area contributed by atoms with Crippen LogP contribution >= 0.6 is 0 Å². The van der Waals surface area contributed by atoms with Crippen LogP contribution in [0.15, 0.2) is 60.9 Å². The van der Waals surface area contributed by atoms with Gasteiger partial charge in [-0.15, -0.1) is 0 Å². The first-order chi connectivity index (χ1) is 14.5. The number of hydrogen-bond acceptors (Lipinski definition) is 5. The zero-order valence-electron chi connectivity index (χ0n) is 17.8. The summed E-state index contributed by atoms with van der Waals surface area (Å²) in [5, 5.41) is 9.33. The molecule has 2 heterocycles. The van der Waals surface area contributed by atoms with Gasteiger partial charge in [0.1, 0.15) is 17.8 Å². The zero-order valence-corrected chi connectivity index (χ0v) is 17.8. The number of aryl methyl sites for hydroxylation is 1. The van der Waals surface area contributed by atoms with Crippen molar-refractivity contribution in [2.24, 2.45) is 0 Å². The molecular formula is C24H28N6. The van der Waals surface area contributed by atoms with E-state index in [4.69, 9.17) is 10.8 Å². The average Bonchev–Trinajstić information content (AvgIpc) is 3.15. The third kappa shape index (κ3) is 4.04. The number of nitrogens with zero attached hydrogens (tertiary/aromatic N) is 4. The minimum atomic E-state index is -0.293. The third-order valence-electron chi connectivity index (χ3n) is 5.38. The van der Waals surface area contributed by atoms with Gasteiger partial charge in [-0.1, -0.05) is 60.2 Å². The molecule has 0 spiro atoms. The van der Waals surface area contributed by atoms with Gasteiger partial charge in [-0.05, 0) is 39.3 Å². The number of nitrogens with two attached hydrogens (primary N) is 1. The van der Waals surface area contributed by atoms with Crippen LogP contribution in [0.5, 0.6) is 0 Å². The SMILES string of the molecule is Cc1ccc(-c2nn(C(C)(C)CNCCc3ccccc3)c3ncnc(N)c23)cc1. The fourth-order valence-electron chi connectivity index (χ4n) is 3.66. The first-order valence-electron chi connectivity index (χ1n) is 10.3. The van der Waals surface area contributed by atoms with Gasteiger partial charge < -0.3 is 11.1 Å². The summed E-state index contributed by atoms with van der Waals surface area (Å²) in [4.78, 5) is 8.74. The van der Waals surface area contributed by atoms with Gasteiger partial charge in [0.05, 0.1) is 10.9 Å². The summed E-state index contributed by atoms with van der Waals surface area (Å²) in [6.45, 7) is 8.04. The van der Waals surface area contributed by atoms with Gasteiger partial charge in [-0.25, -0.2) is 14.6 Å². The first kappa shape index (κ1) is 20.0. The number of benzene rings is 2. The summed E-state index contributed by atoms with van der Waals surface area (Å²) in [7, 11) is 0. The molecule has 0 fully saturated rings. The molecule has 30 heavy (non-hydrogen) atoms. The van der Waals surface area contributed by atoms with E-state index in [9.17, 15) is 0 Å². The van der Waals surface area contributed by atoms with Crippen molar-refractivity contribution in [1.29, 1.82) is 0 Å². The molecule has 0 aliphatic carbocycles. The van der Waals surface area contributed by atoms with Crippen LogP contribution in [-0.2, 0) is 12.0 Å². The fraction of sp³-hybridized carbons (Fsp3) is 0.292. The predicted octanol–water partition coefficient (Wildman–Crippen LogP) is 3.95. The molecule has 4 rings (SSSR count). The van der Waals surface area contributed by atoms with E-state index in [2.05, 4.69) is 84.6 Å². The lowest BCUT2D eigenvalue weighted by molar-refractivity contribution is 0.312.